The summed E-state index contributed by atoms with van der Waals surface area (Å²) in [6, 6.07) is 4.43. The van der Waals surface area contributed by atoms with Crippen LogP contribution in [0.1, 0.15) is 27.2 Å². The first kappa shape index (κ1) is 13.0. The Bertz CT molecular complexity index is 568. The molecule has 5 heteroatoms. The fourth-order valence-corrected chi connectivity index (χ4v) is 2.82. The Morgan fingerprint density at radius 1 is 1.39 bits per heavy atom. The van der Waals surface area contributed by atoms with E-state index in [9.17, 15) is 4.39 Å². The van der Waals surface area contributed by atoms with E-state index in [0.717, 1.165) is 21.1 Å². The van der Waals surface area contributed by atoms with Crippen LogP contribution in [0.2, 0.25) is 0 Å². The number of nitrogens with two attached hydrogens (primary N) is 1. The number of benzene rings is 1. The Balaban J connectivity index is 2.37. The van der Waals surface area contributed by atoms with Crippen LogP contribution in [-0.2, 0) is 0 Å². The van der Waals surface area contributed by atoms with Crippen molar-refractivity contribution in [2.45, 2.75) is 19.9 Å². The highest BCUT2D eigenvalue weighted by atomic mass is 32.1. The minimum Gasteiger partial charge on any atom is -0.494 e. The van der Waals surface area contributed by atoms with Crippen LogP contribution in [-0.4, -0.2) is 12.1 Å². The molecule has 0 aliphatic rings. The van der Waals surface area contributed by atoms with Crippen LogP contribution in [0.15, 0.2) is 18.2 Å². The van der Waals surface area contributed by atoms with E-state index < -0.39 is 5.82 Å². The van der Waals surface area contributed by atoms with Crippen LogP contribution < -0.4 is 10.5 Å². The molecule has 0 aliphatic carbocycles. The van der Waals surface area contributed by atoms with E-state index >= 15 is 0 Å². The molecule has 0 radical (unpaired) electrons. The minimum absolute atomic E-state index is 0.225. The van der Waals surface area contributed by atoms with Crippen molar-refractivity contribution in [1.82, 2.24) is 4.98 Å². The second-order valence-corrected chi connectivity index (χ2v) is 5.29. The minimum atomic E-state index is -0.399. The maximum absolute atomic E-state index is 13.6. The molecule has 1 aromatic heterocycles. The Hall–Kier alpha value is -1.46. The predicted molar refractivity (Wildman–Crippen MR) is 70.6 cm³/mol. The summed E-state index contributed by atoms with van der Waals surface area (Å²) in [4.78, 5) is 5.30. The molecular weight excluding hydrogens is 251 g/mol. The van der Waals surface area contributed by atoms with Gasteiger partial charge in [0, 0.05) is 4.88 Å². The standard InChI is InChI=1S/C13H15FN2OS/c1-7-13(18-8(2)16-7)12(15)9-4-5-11(17-3)10(14)6-9/h4-6,12H,15H2,1-3H3. The van der Waals surface area contributed by atoms with E-state index in [1.165, 1.54) is 13.2 Å². The normalized spacial score (nSPS) is 12.5. The quantitative estimate of drug-likeness (QED) is 0.929. The molecule has 96 valence electrons. The molecule has 1 aromatic carbocycles. The molecule has 2 aromatic rings. The fourth-order valence-electron chi connectivity index (χ4n) is 1.86. The lowest BCUT2D eigenvalue weighted by molar-refractivity contribution is 0.386. The lowest BCUT2D eigenvalue weighted by atomic mass is 10.0. The Kier molecular flexibility index (Phi) is 3.63. The van der Waals surface area contributed by atoms with Crippen LogP contribution in [0, 0.1) is 19.7 Å². The molecule has 0 bridgehead atoms. The Morgan fingerprint density at radius 3 is 2.61 bits per heavy atom. The molecule has 0 spiro atoms. The first-order valence-corrected chi connectivity index (χ1v) is 6.37. The molecule has 3 nitrogen and oxygen atoms in total. The molecule has 1 unspecified atom stereocenters. The predicted octanol–water partition coefficient (Wildman–Crippen LogP) is 2.96. The molecule has 2 rings (SSSR count). The molecule has 0 amide bonds. The van der Waals surface area contributed by atoms with Gasteiger partial charge in [0.2, 0.25) is 0 Å². The number of aromatic nitrogens is 1. The summed E-state index contributed by atoms with van der Waals surface area (Å²) in [6.07, 6.45) is 0. The molecule has 0 saturated carbocycles. The summed E-state index contributed by atoms with van der Waals surface area (Å²) in [6.45, 7) is 3.85. The van der Waals surface area contributed by atoms with Crippen molar-refractivity contribution in [1.29, 1.82) is 0 Å². The van der Waals surface area contributed by atoms with Crippen LogP contribution in [0.5, 0.6) is 5.75 Å². The number of methoxy groups -OCH3 is 1. The fraction of sp³-hybridized carbons (Fsp3) is 0.308. The topological polar surface area (TPSA) is 48.1 Å². The zero-order valence-electron chi connectivity index (χ0n) is 10.5. The van der Waals surface area contributed by atoms with E-state index in [0.29, 0.717) is 0 Å². The van der Waals surface area contributed by atoms with E-state index in [1.54, 1.807) is 23.5 Å². The van der Waals surface area contributed by atoms with Crippen LogP contribution in [0.4, 0.5) is 4.39 Å². The van der Waals surface area contributed by atoms with Gasteiger partial charge < -0.3 is 10.5 Å². The van der Waals surface area contributed by atoms with Crippen molar-refractivity contribution in [3.05, 3.63) is 45.2 Å². The first-order valence-electron chi connectivity index (χ1n) is 5.56. The van der Waals surface area contributed by atoms with Gasteiger partial charge in [-0.05, 0) is 31.5 Å². The summed E-state index contributed by atoms with van der Waals surface area (Å²) >= 11 is 1.54. The summed E-state index contributed by atoms with van der Waals surface area (Å²) < 4.78 is 18.5. The molecule has 0 fully saturated rings. The third-order valence-corrected chi connectivity index (χ3v) is 3.91. The largest absolute Gasteiger partial charge is 0.494 e. The highest BCUT2D eigenvalue weighted by Crippen LogP contribution is 2.30. The monoisotopic (exact) mass is 266 g/mol. The van der Waals surface area contributed by atoms with Gasteiger partial charge >= 0.3 is 0 Å². The van der Waals surface area contributed by atoms with Crippen molar-refractivity contribution in [3.63, 3.8) is 0 Å². The van der Waals surface area contributed by atoms with Crippen molar-refractivity contribution in [2.24, 2.45) is 5.73 Å². The summed E-state index contributed by atoms with van der Waals surface area (Å²) in [5.74, 6) is -0.174. The Labute approximate surface area is 109 Å². The number of hydrogen-bond acceptors (Lipinski definition) is 4. The van der Waals surface area contributed by atoms with Crippen molar-refractivity contribution in [3.8, 4) is 5.75 Å². The lowest BCUT2D eigenvalue weighted by Gasteiger charge is -2.12. The average molecular weight is 266 g/mol. The van der Waals surface area contributed by atoms with Gasteiger partial charge in [0.25, 0.3) is 0 Å². The molecule has 1 atom stereocenters. The third kappa shape index (κ3) is 2.37. The molecular formula is C13H15FN2OS. The number of thiazole rings is 1. The molecule has 0 aliphatic heterocycles. The first-order chi connectivity index (χ1) is 8.52. The van der Waals surface area contributed by atoms with Gasteiger partial charge in [0.1, 0.15) is 0 Å². The summed E-state index contributed by atoms with van der Waals surface area (Å²) in [5, 5.41) is 0.965. The highest BCUT2D eigenvalue weighted by Gasteiger charge is 2.17. The van der Waals surface area contributed by atoms with Gasteiger partial charge in [-0.25, -0.2) is 9.37 Å². The highest BCUT2D eigenvalue weighted by molar-refractivity contribution is 7.11. The molecule has 18 heavy (non-hydrogen) atoms. The van der Waals surface area contributed by atoms with Crippen molar-refractivity contribution in [2.75, 3.05) is 7.11 Å². The van der Waals surface area contributed by atoms with E-state index in [2.05, 4.69) is 4.98 Å². The van der Waals surface area contributed by atoms with Gasteiger partial charge in [-0.15, -0.1) is 11.3 Å². The van der Waals surface area contributed by atoms with Gasteiger partial charge in [0.05, 0.1) is 23.9 Å². The van der Waals surface area contributed by atoms with E-state index in [4.69, 9.17) is 10.5 Å². The van der Waals surface area contributed by atoms with Crippen LogP contribution in [0.3, 0.4) is 0 Å². The van der Waals surface area contributed by atoms with Gasteiger partial charge in [0.15, 0.2) is 11.6 Å². The lowest BCUT2D eigenvalue weighted by Crippen LogP contribution is -2.12. The van der Waals surface area contributed by atoms with Gasteiger partial charge in [-0.2, -0.15) is 0 Å². The van der Waals surface area contributed by atoms with E-state index in [1.807, 2.05) is 13.8 Å². The molecule has 2 N–H and O–H groups in total. The molecule has 1 heterocycles. The summed E-state index contributed by atoms with van der Waals surface area (Å²) in [7, 11) is 1.44. The van der Waals surface area contributed by atoms with Crippen LogP contribution in [0.25, 0.3) is 0 Å². The number of rotatable bonds is 3. The number of halogens is 1. The SMILES string of the molecule is COc1ccc(C(N)c2sc(C)nc2C)cc1F. The number of hydrogen-bond donors (Lipinski definition) is 1. The summed E-state index contributed by atoms with van der Waals surface area (Å²) in [5.41, 5.74) is 7.78. The average Bonchev–Trinajstić information content (AvgIpc) is 2.67. The second-order valence-electron chi connectivity index (χ2n) is 4.05. The maximum Gasteiger partial charge on any atom is 0.165 e. The maximum atomic E-state index is 13.6. The van der Waals surface area contributed by atoms with Crippen molar-refractivity contribution >= 4 is 11.3 Å². The smallest absolute Gasteiger partial charge is 0.165 e. The van der Waals surface area contributed by atoms with Crippen molar-refractivity contribution < 1.29 is 9.13 Å². The molecule has 0 saturated heterocycles. The zero-order chi connectivity index (χ0) is 13.3. The van der Waals surface area contributed by atoms with E-state index in [-0.39, 0.29) is 11.8 Å². The van der Waals surface area contributed by atoms with Gasteiger partial charge in [-0.3, -0.25) is 0 Å². The number of aryl methyl sites for hydroxylation is 2. The van der Waals surface area contributed by atoms with Gasteiger partial charge in [-0.1, -0.05) is 6.07 Å². The van der Waals surface area contributed by atoms with Crippen LogP contribution >= 0.6 is 11.3 Å². The number of ether oxygens (including phenoxy) is 1. The number of nitrogens with zero attached hydrogens (tertiary/aromatic N) is 1. The third-order valence-electron chi connectivity index (χ3n) is 2.76. The second kappa shape index (κ2) is 5.04. The zero-order valence-corrected chi connectivity index (χ0v) is 11.3. The Morgan fingerprint density at radius 2 is 2.11 bits per heavy atom.